The van der Waals surface area contributed by atoms with Crippen molar-refractivity contribution in [2.75, 3.05) is 0 Å². The van der Waals surface area contributed by atoms with Crippen LogP contribution in [0.25, 0.3) is 0 Å². The molecule has 1 saturated carbocycles. The van der Waals surface area contributed by atoms with Gasteiger partial charge in [0, 0.05) is 0 Å². The Bertz CT molecular complexity index is 252. The molecule has 1 aromatic rings. The highest BCUT2D eigenvalue weighted by atomic mass is 14.2. The maximum atomic E-state index is 2.31. The lowest BCUT2D eigenvalue weighted by Crippen LogP contribution is -2.04. The Hall–Kier alpha value is -0.780. The fourth-order valence-corrected chi connectivity index (χ4v) is 2.27. The third kappa shape index (κ3) is 2.12. The van der Waals surface area contributed by atoms with E-state index in [0.29, 0.717) is 0 Å². The summed E-state index contributed by atoms with van der Waals surface area (Å²) >= 11 is 0. The third-order valence-corrected chi connectivity index (χ3v) is 3.15. The first kappa shape index (κ1) is 8.80. The molecule has 1 aliphatic carbocycles. The van der Waals surface area contributed by atoms with Gasteiger partial charge in [0.25, 0.3) is 0 Å². The molecule has 0 heteroatoms. The van der Waals surface area contributed by atoms with Gasteiger partial charge in [-0.2, -0.15) is 0 Å². The minimum absolute atomic E-state index is 0.856. The summed E-state index contributed by atoms with van der Waals surface area (Å²) in [6, 6.07) is 9.10. The molecule has 0 unspecified atom stereocenters. The van der Waals surface area contributed by atoms with Crippen molar-refractivity contribution in [2.24, 2.45) is 0 Å². The van der Waals surface area contributed by atoms with E-state index in [1.165, 1.54) is 37.7 Å². The Balaban J connectivity index is 2.10. The lowest BCUT2D eigenvalue weighted by atomic mass is 9.84. The van der Waals surface area contributed by atoms with Crippen molar-refractivity contribution in [2.45, 2.75) is 44.9 Å². The van der Waals surface area contributed by atoms with E-state index in [2.05, 4.69) is 31.2 Å². The average molecular weight is 174 g/mol. The molecule has 0 nitrogen and oxygen atoms in total. The minimum Gasteiger partial charge on any atom is -0.0590 e. The van der Waals surface area contributed by atoms with Gasteiger partial charge in [-0.3, -0.25) is 0 Å². The van der Waals surface area contributed by atoms with Crippen molar-refractivity contribution in [1.29, 1.82) is 0 Å². The average Bonchev–Trinajstić information content (AvgIpc) is 2.20. The summed E-state index contributed by atoms with van der Waals surface area (Å²) < 4.78 is 0. The summed E-state index contributed by atoms with van der Waals surface area (Å²) in [4.78, 5) is 0. The fourth-order valence-electron chi connectivity index (χ4n) is 2.27. The molecule has 0 aliphatic heterocycles. The van der Waals surface area contributed by atoms with Crippen LogP contribution in [0.15, 0.2) is 24.3 Å². The second-order valence-corrected chi connectivity index (χ2v) is 4.25. The molecule has 1 aliphatic rings. The van der Waals surface area contributed by atoms with Crippen molar-refractivity contribution in [3.63, 3.8) is 0 Å². The largest absolute Gasteiger partial charge is 0.0590 e. The molecule has 13 heavy (non-hydrogen) atoms. The summed E-state index contributed by atoms with van der Waals surface area (Å²) in [5.74, 6) is 0.856. The van der Waals surface area contributed by atoms with Crippen LogP contribution in [0.4, 0.5) is 0 Å². The van der Waals surface area contributed by atoms with Crippen LogP contribution in [0.5, 0.6) is 0 Å². The molecule has 70 valence electrons. The molecule has 2 rings (SSSR count). The summed E-state index contributed by atoms with van der Waals surface area (Å²) in [6.45, 7) is 2.16. The molecule has 0 saturated heterocycles. The molecule has 0 atom stereocenters. The topological polar surface area (TPSA) is 0 Å². The number of benzene rings is 1. The quantitative estimate of drug-likeness (QED) is 0.602. The van der Waals surface area contributed by atoms with Crippen LogP contribution in [0.2, 0.25) is 0 Å². The van der Waals surface area contributed by atoms with E-state index in [1.807, 2.05) is 0 Å². The maximum Gasteiger partial charge on any atom is -0.0162 e. The summed E-state index contributed by atoms with van der Waals surface area (Å²) in [5.41, 5.74) is 2.94. The van der Waals surface area contributed by atoms with E-state index >= 15 is 0 Å². The molecule has 1 fully saturated rings. The third-order valence-electron chi connectivity index (χ3n) is 3.15. The van der Waals surface area contributed by atoms with E-state index in [1.54, 1.807) is 5.56 Å². The molecule has 0 spiro atoms. The molecule has 0 aromatic heterocycles. The Morgan fingerprint density at radius 1 is 0.923 bits per heavy atom. The Morgan fingerprint density at radius 2 is 1.54 bits per heavy atom. The zero-order chi connectivity index (χ0) is 9.10. The number of hydrogen-bond acceptors (Lipinski definition) is 0. The second kappa shape index (κ2) is 3.95. The zero-order valence-electron chi connectivity index (χ0n) is 8.42. The zero-order valence-corrected chi connectivity index (χ0v) is 8.42. The molecule has 0 radical (unpaired) electrons. The molecule has 0 N–H and O–H groups in total. The van der Waals surface area contributed by atoms with Gasteiger partial charge in [-0.05, 0) is 31.2 Å². The second-order valence-electron chi connectivity index (χ2n) is 4.25. The van der Waals surface area contributed by atoms with E-state index in [0.717, 1.165) is 5.92 Å². The number of hydrogen-bond donors (Lipinski definition) is 0. The minimum atomic E-state index is 0.856. The van der Waals surface area contributed by atoms with Crippen LogP contribution in [-0.2, 0) is 0 Å². The summed E-state index contributed by atoms with van der Waals surface area (Å²) in [6.07, 6.45) is 7.12. The molecular weight excluding hydrogens is 156 g/mol. The van der Waals surface area contributed by atoms with E-state index in [9.17, 15) is 0 Å². The first-order valence-corrected chi connectivity index (χ1v) is 5.43. The Morgan fingerprint density at radius 3 is 2.15 bits per heavy atom. The maximum absolute atomic E-state index is 2.31. The Labute approximate surface area is 81.0 Å². The molecule has 0 amide bonds. The standard InChI is InChI=1S/C13H18/c1-11-7-9-13(10-8-11)12-5-3-2-4-6-12/h7-10,12H,2-6H2,1H3. The van der Waals surface area contributed by atoms with Crippen molar-refractivity contribution < 1.29 is 0 Å². The SMILES string of the molecule is Cc1ccc(C2CCCCC2)cc1. The van der Waals surface area contributed by atoms with E-state index in [4.69, 9.17) is 0 Å². The molecule has 1 aromatic carbocycles. The molecule has 0 heterocycles. The Kier molecular flexibility index (Phi) is 2.68. The van der Waals surface area contributed by atoms with Gasteiger partial charge in [-0.1, -0.05) is 49.1 Å². The van der Waals surface area contributed by atoms with Crippen LogP contribution in [0, 0.1) is 6.92 Å². The first-order valence-electron chi connectivity index (χ1n) is 5.43. The van der Waals surface area contributed by atoms with Gasteiger partial charge < -0.3 is 0 Å². The van der Waals surface area contributed by atoms with Gasteiger partial charge >= 0.3 is 0 Å². The van der Waals surface area contributed by atoms with Crippen LogP contribution < -0.4 is 0 Å². The van der Waals surface area contributed by atoms with Crippen molar-refractivity contribution in [3.05, 3.63) is 35.4 Å². The van der Waals surface area contributed by atoms with Gasteiger partial charge in [0.2, 0.25) is 0 Å². The van der Waals surface area contributed by atoms with Crippen molar-refractivity contribution in [3.8, 4) is 0 Å². The highest BCUT2D eigenvalue weighted by Crippen LogP contribution is 2.32. The van der Waals surface area contributed by atoms with Gasteiger partial charge in [0.15, 0.2) is 0 Å². The van der Waals surface area contributed by atoms with Crippen LogP contribution in [0.3, 0.4) is 0 Å². The van der Waals surface area contributed by atoms with Gasteiger partial charge in [-0.25, -0.2) is 0 Å². The van der Waals surface area contributed by atoms with Crippen molar-refractivity contribution >= 4 is 0 Å². The lowest BCUT2D eigenvalue weighted by Gasteiger charge is -2.21. The smallest absolute Gasteiger partial charge is 0.0162 e. The highest BCUT2D eigenvalue weighted by molar-refractivity contribution is 5.24. The van der Waals surface area contributed by atoms with Crippen LogP contribution >= 0.6 is 0 Å². The monoisotopic (exact) mass is 174 g/mol. The predicted molar refractivity (Wildman–Crippen MR) is 57.0 cm³/mol. The summed E-state index contributed by atoms with van der Waals surface area (Å²) in [7, 11) is 0. The lowest BCUT2D eigenvalue weighted by molar-refractivity contribution is 0.443. The normalized spacial score (nSPS) is 18.8. The van der Waals surface area contributed by atoms with Gasteiger partial charge in [0.1, 0.15) is 0 Å². The van der Waals surface area contributed by atoms with E-state index < -0.39 is 0 Å². The summed E-state index contributed by atoms with van der Waals surface area (Å²) in [5, 5.41) is 0. The predicted octanol–water partition coefficient (Wildman–Crippen LogP) is 4.04. The van der Waals surface area contributed by atoms with Crippen molar-refractivity contribution in [1.82, 2.24) is 0 Å². The van der Waals surface area contributed by atoms with E-state index in [-0.39, 0.29) is 0 Å². The molecular formula is C13H18. The van der Waals surface area contributed by atoms with Crippen LogP contribution in [-0.4, -0.2) is 0 Å². The first-order chi connectivity index (χ1) is 6.36. The van der Waals surface area contributed by atoms with Crippen LogP contribution in [0.1, 0.15) is 49.1 Å². The number of rotatable bonds is 1. The number of aryl methyl sites for hydroxylation is 1. The fraction of sp³-hybridized carbons (Fsp3) is 0.538. The van der Waals surface area contributed by atoms with Gasteiger partial charge in [-0.15, -0.1) is 0 Å². The van der Waals surface area contributed by atoms with Gasteiger partial charge in [0.05, 0.1) is 0 Å². The highest BCUT2D eigenvalue weighted by Gasteiger charge is 2.14. The molecule has 0 bridgehead atoms.